The van der Waals surface area contributed by atoms with Crippen LogP contribution < -0.4 is 4.74 Å². The molecule has 0 heterocycles. The van der Waals surface area contributed by atoms with Crippen molar-refractivity contribution in [3.8, 4) is 17.6 Å². The lowest BCUT2D eigenvalue weighted by molar-refractivity contribution is -0.137. The van der Waals surface area contributed by atoms with E-state index in [0.717, 1.165) is 12.1 Å². The molecule has 0 atom stereocenters. The maximum Gasteiger partial charge on any atom is 0.379 e. The fourth-order valence-corrected chi connectivity index (χ4v) is 1.36. The Morgan fingerprint density at radius 2 is 2.11 bits per heavy atom. The van der Waals surface area contributed by atoms with Crippen molar-refractivity contribution in [2.24, 2.45) is 0 Å². The summed E-state index contributed by atoms with van der Waals surface area (Å²) >= 11 is 0. The number of nitrogens with zero attached hydrogens (tertiary/aromatic N) is 1. The summed E-state index contributed by atoms with van der Waals surface area (Å²) in [6.45, 7) is 1.63. The molecular weight excluding hydrogens is 238 g/mol. The number of carbonyl (C=O) groups is 2. The highest BCUT2D eigenvalue weighted by Crippen LogP contribution is 2.31. The fraction of sp³-hybridized carbons (Fsp3) is 0.250. The maximum atomic E-state index is 11.6. The Morgan fingerprint density at radius 1 is 1.44 bits per heavy atom. The van der Waals surface area contributed by atoms with E-state index in [9.17, 15) is 14.7 Å². The summed E-state index contributed by atoms with van der Waals surface area (Å²) in [7, 11) is 1.28. The minimum Gasteiger partial charge on any atom is -0.504 e. The highest BCUT2D eigenvalue weighted by atomic mass is 16.5. The van der Waals surface area contributed by atoms with Crippen LogP contribution in [-0.4, -0.2) is 30.6 Å². The molecule has 94 valence electrons. The summed E-state index contributed by atoms with van der Waals surface area (Å²) in [6.07, 6.45) is 0. The average Bonchev–Trinajstić information content (AvgIpc) is 2.36. The largest absolute Gasteiger partial charge is 0.504 e. The number of aromatic hydroxyl groups is 1. The van der Waals surface area contributed by atoms with E-state index >= 15 is 0 Å². The zero-order chi connectivity index (χ0) is 13.7. The van der Waals surface area contributed by atoms with Crippen LogP contribution in [-0.2, 0) is 9.53 Å². The Labute approximate surface area is 103 Å². The van der Waals surface area contributed by atoms with E-state index in [1.54, 1.807) is 13.0 Å². The summed E-state index contributed by atoms with van der Waals surface area (Å²) in [5.74, 6) is -2.39. The van der Waals surface area contributed by atoms with Gasteiger partial charge >= 0.3 is 5.97 Å². The van der Waals surface area contributed by atoms with Crippen molar-refractivity contribution >= 4 is 11.8 Å². The summed E-state index contributed by atoms with van der Waals surface area (Å²) in [6, 6.07) is 3.98. The van der Waals surface area contributed by atoms with Crippen LogP contribution in [0.1, 0.15) is 22.8 Å². The Kier molecular flexibility index (Phi) is 4.27. The number of ketones is 1. The van der Waals surface area contributed by atoms with Gasteiger partial charge in [0.25, 0.3) is 5.78 Å². The minimum absolute atomic E-state index is 0.0369. The van der Waals surface area contributed by atoms with E-state index < -0.39 is 11.8 Å². The molecule has 0 bridgehead atoms. The smallest absolute Gasteiger partial charge is 0.379 e. The van der Waals surface area contributed by atoms with Gasteiger partial charge < -0.3 is 14.6 Å². The molecule has 0 unspecified atom stereocenters. The molecule has 0 aliphatic carbocycles. The summed E-state index contributed by atoms with van der Waals surface area (Å²) in [5.41, 5.74) is -0.159. The third-order valence-corrected chi connectivity index (χ3v) is 2.12. The van der Waals surface area contributed by atoms with Crippen LogP contribution >= 0.6 is 0 Å². The number of ether oxygens (including phenoxy) is 2. The Bertz CT molecular complexity index is 530. The summed E-state index contributed by atoms with van der Waals surface area (Å²) in [4.78, 5) is 22.9. The molecule has 1 aromatic carbocycles. The monoisotopic (exact) mass is 249 g/mol. The highest BCUT2D eigenvalue weighted by molar-refractivity contribution is 6.40. The molecule has 0 radical (unpaired) electrons. The first-order valence-electron chi connectivity index (χ1n) is 5.07. The molecule has 0 spiro atoms. The molecule has 1 aromatic rings. The zero-order valence-electron chi connectivity index (χ0n) is 9.89. The molecule has 0 fully saturated rings. The van der Waals surface area contributed by atoms with Crippen LogP contribution in [0.3, 0.4) is 0 Å². The number of rotatable bonds is 4. The van der Waals surface area contributed by atoms with E-state index in [0.29, 0.717) is 0 Å². The number of methoxy groups -OCH3 is 1. The quantitative estimate of drug-likeness (QED) is 0.486. The van der Waals surface area contributed by atoms with Crippen molar-refractivity contribution in [2.45, 2.75) is 6.92 Å². The number of phenolic OH excluding ortho intramolecular Hbond substituents is 1. The second-order valence-corrected chi connectivity index (χ2v) is 3.24. The number of hydrogen-bond donors (Lipinski definition) is 1. The molecule has 0 saturated carbocycles. The van der Waals surface area contributed by atoms with Crippen molar-refractivity contribution in [3.05, 3.63) is 23.3 Å². The van der Waals surface area contributed by atoms with E-state index in [2.05, 4.69) is 4.74 Å². The Balaban J connectivity index is 3.21. The molecule has 1 N–H and O–H groups in total. The first-order chi connectivity index (χ1) is 8.54. The average molecular weight is 249 g/mol. The summed E-state index contributed by atoms with van der Waals surface area (Å²) in [5, 5.41) is 18.4. The van der Waals surface area contributed by atoms with Gasteiger partial charge in [-0.3, -0.25) is 4.79 Å². The van der Waals surface area contributed by atoms with Gasteiger partial charge in [0.1, 0.15) is 6.07 Å². The SMILES string of the molecule is CCOC(=O)C(=O)c1cc(O)c(OC)c(C#N)c1. The molecule has 1 rings (SSSR count). The third kappa shape index (κ3) is 2.58. The predicted octanol–water partition coefficient (Wildman–Crippen LogP) is 1.02. The maximum absolute atomic E-state index is 11.6. The lowest BCUT2D eigenvalue weighted by atomic mass is 10.1. The van der Waals surface area contributed by atoms with Crippen LogP contribution in [0, 0.1) is 11.3 Å². The lowest BCUT2D eigenvalue weighted by Gasteiger charge is -2.07. The molecule has 0 aliphatic heterocycles. The molecule has 0 aliphatic rings. The van der Waals surface area contributed by atoms with Gasteiger partial charge in [-0.2, -0.15) is 5.26 Å². The lowest BCUT2D eigenvalue weighted by Crippen LogP contribution is -2.17. The number of phenols is 1. The van der Waals surface area contributed by atoms with Crippen molar-refractivity contribution in [2.75, 3.05) is 13.7 Å². The Hall–Kier alpha value is -2.55. The predicted molar refractivity (Wildman–Crippen MR) is 60.3 cm³/mol. The second-order valence-electron chi connectivity index (χ2n) is 3.24. The van der Waals surface area contributed by atoms with E-state index in [1.807, 2.05) is 0 Å². The van der Waals surface area contributed by atoms with Crippen molar-refractivity contribution < 1.29 is 24.2 Å². The van der Waals surface area contributed by atoms with Gasteiger partial charge in [-0.25, -0.2) is 4.79 Å². The molecule has 0 aromatic heterocycles. The standard InChI is InChI=1S/C12H11NO5/c1-3-18-12(16)10(15)7-4-8(6-13)11(17-2)9(14)5-7/h4-5,14H,3H2,1-2H3. The van der Waals surface area contributed by atoms with Crippen LogP contribution in [0.15, 0.2) is 12.1 Å². The van der Waals surface area contributed by atoms with Crippen molar-refractivity contribution in [1.82, 2.24) is 0 Å². The van der Waals surface area contributed by atoms with Crippen LogP contribution in [0.25, 0.3) is 0 Å². The van der Waals surface area contributed by atoms with Crippen LogP contribution in [0.4, 0.5) is 0 Å². The third-order valence-electron chi connectivity index (χ3n) is 2.12. The number of hydrogen-bond acceptors (Lipinski definition) is 6. The molecular formula is C12H11NO5. The molecule has 6 nitrogen and oxygen atoms in total. The van der Waals surface area contributed by atoms with Gasteiger partial charge in [-0.05, 0) is 19.1 Å². The van der Waals surface area contributed by atoms with Gasteiger partial charge in [-0.15, -0.1) is 0 Å². The number of benzene rings is 1. The number of carbonyl (C=O) groups excluding carboxylic acids is 2. The normalized spacial score (nSPS) is 9.39. The first-order valence-corrected chi connectivity index (χ1v) is 5.07. The van der Waals surface area contributed by atoms with Crippen LogP contribution in [0.5, 0.6) is 11.5 Å². The number of esters is 1. The fourth-order valence-electron chi connectivity index (χ4n) is 1.36. The van der Waals surface area contributed by atoms with Crippen molar-refractivity contribution in [3.63, 3.8) is 0 Å². The van der Waals surface area contributed by atoms with Gasteiger partial charge in [0, 0.05) is 5.56 Å². The topological polar surface area (TPSA) is 96.6 Å². The molecule has 6 heteroatoms. The number of Topliss-reactive ketones (excluding diaryl/α,β-unsaturated/α-hetero) is 1. The van der Waals surface area contributed by atoms with Gasteiger partial charge in [0.15, 0.2) is 11.5 Å². The molecule has 0 amide bonds. The molecule has 18 heavy (non-hydrogen) atoms. The summed E-state index contributed by atoms with van der Waals surface area (Å²) < 4.78 is 9.35. The minimum atomic E-state index is -1.04. The van der Waals surface area contributed by atoms with E-state index in [-0.39, 0.29) is 29.2 Å². The second kappa shape index (κ2) is 5.68. The van der Waals surface area contributed by atoms with Gasteiger partial charge in [0.2, 0.25) is 0 Å². The number of nitriles is 1. The van der Waals surface area contributed by atoms with Gasteiger partial charge in [0.05, 0.1) is 19.3 Å². The zero-order valence-corrected chi connectivity index (χ0v) is 9.89. The molecule has 0 saturated heterocycles. The Morgan fingerprint density at radius 3 is 2.61 bits per heavy atom. The van der Waals surface area contributed by atoms with Crippen molar-refractivity contribution in [1.29, 1.82) is 5.26 Å². The first kappa shape index (κ1) is 13.5. The van der Waals surface area contributed by atoms with Crippen LogP contribution in [0.2, 0.25) is 0 Å². The van der Waals surface area contributed by atoms with Gasteiger partial charge in [-0.1, -0.05) is 0 Å². The van der Waals surface area contributed by atoms with E-state index in [1.165, 1.54) is 7.11 Å². The highest BCUT2D eigenvalue weighted by Gasteiger charge is 2.21. The van der Waals surface area contributed by atoms with E-state index in [4.69, 9.17) is 10.00 Å².